The SMILES string of the molecule is COc1cc([C@@H]2c3cc4c(cc3[C@@H](NCc3c[nH]c5ccccc35)[C@H]3COC(=O)[C@H]23)OCO4)cc(OC)c1OC. The molecule has 2 aliphatic heterocycles. The van der Waals surface area contributed by atoms with Crippen LogP contribution < -0.4 is 29.0 Å². The smallest absolute Gasteiger partial charge is 0.310 e. The molecule has 0 radical (unpaired) electrons. The van der Waals surface area contributed by atoms with E-state index in [-0.39, 0.29) is 30.6 Å². The van der Waals surface area contributed by atoms with Crippen molar-refractivity contribution in [3.63, 3.8) is 0 Å². The minimum atomic E-state index is -0.420. The van der Waals surface area contributed by atoms with Gasteiger partial charge in [-0.15, -0.1) is 0 Å². The summed E-state index contributed by atoms with van der Waals surface area (Å²) in [6.45, 7) is 1.11. The Kier molecular flexibility index (Phi) is 5.96. The summed E-state index contributed by atoms with van der Waals surface area (Å²) in [5.41, 5.74) is 5.16. The lowest BCUT2D eigenvalue weighted by Gasteiger charge is -2.39. The number of rotatable bonds is 7. The highest BCUT2D eigenvalue weighted by Gasteiger charge is 2.52. The van der Waals surface area contributed by atoms with Gasteiger partial charge in [-0.05, 0) is 52.6 Å². The molecule has 1 aliphatic carbocycles. The number of hydrogen-bond acceptors (Lipinski definition) is 8. The number of cyclic esters (lactones) is 1. The molecule has 0 unspecified atom stereocenters. The first-order valence-corrected chi connectivity index (χ1v) is 13.3. The summed E-state index contributed by atoms with van der Waals surface area (Å²) in [6.07, 6.45) is 2.04. The van der Waals surface area contributed by atoms with Crippen molar-refractivity contribution in [2.45, 2.75) is 18.5 Å². The molecule has 206 valence electrons. The van der Waals surface area contributed by atoms with Crippen LogP contribution in [0.1, 0.15) is 34.2 Å². The predicted octanol–water partition coefficient (Wildman–Crippen LogP) is 4.69. The third-order valence-corrected chi connectivity index (χ3v) is 8.42. The maximum Gasteiger partial charge on any atom is 0.310 e. The van der Waals surface area contributed by atoms with Crippen LogP contribution in [-0.4, -0.2) is 45.7 Å². The van der Waals surface area contributed by atoms with Gasteiger partial charge in [0.05, 0.1) is 33.9 Å². The quantitative estimate of drug-likeness (QED) is 0.325. The van der Waals surface area contributed by atoms with E-state index < -0.39 is 5.92 Å². The summed E-state index contributed by atoms with van der Waals surface area (Å²) in [6, 6.07) is 16.0. The molecule has 0 bridgehead atoms. The van der Waals surface area contributed by atoms with Gasteiger partial charge in [0.1, 0.15) is 0 Å². The van der Waals surface area contributed by atoms with Gasteiger partial charge in [-0.1, -0.05) is 18.2 Å². The Bertz CT molecular complexity index is 1590. The summed E-state index contributed by atoms with van der Waals surface area (Å²) in [7, 11) is 4.75. The number of para-hydroxylation sites is 1. The van der Waals surface area contributed by atoms with E-state index in [1.807, 2.05) is 36.5 Å². The number of hydrogen-bond donors (Lipinski definition) is 2. The number of ether oxygens (including phenoxy) is 6. The van der Waals surface area contributed by atoms with Crippen molar-refractivity contribution in [1.82, 2.24) is 10.3 Å². The van der Waals surface area contributed by atoms with Crippen LogP contribution >= 0.6 is 0 Å². The summed E-state index contributed by atoms with van der Waals surface area (Å²) < 4.78 is 34.2. The molecule has 3 aliphatic rings. The van der Waals surface area contributed by atoms with Crippen molar-refractivity contribution in [3.8, 4) is 28.7 Å². The minimum absolute atomic E-state index is 0.102. The van der Waals surface area contributed by atoms with Crippen LogP contribution in [0.15, 0.2) is 54.7 Å². The van der Waals surface area contributed by atoms with Gasteiger partial charge in [-0.3, -0.25) is 4.79 Å². The summed E-state index contributed by atoms with van der Waals surface area (Å²) >= 11 is 0. The Morgan fingerprint density at radius 1 is 0.925 bits per heavy atom. The van der Waals surface area contributed by atoms with E-state index in [1.54, 1.807) is 21.3 Å². The van der Waals surface area contributed by atoms with Crippen molar-refractivity contribution in [2.24, 2.45) is 11.8 Å². The largest absolute Gasteiger partial charge is 0.493 e. The molecule has 7 rings (SSSR count). The zero-order chi connectivity index (χ0) is 27.4. The molecule has 3 aromatic carbocycles. The molecular formula is C31H30N2O7. The van der Waals surface area contributed by atoms with Gasteiger partial charge in [0, 0.05) is 41.5 Å². The summed E-state index contributed by atoms with van der Waals surface area (Å²) in [5, 5.41) is 4.94. The van der Waals surface area contributed by atoms with E-state index >= 15 is 0 Å². The third-order valence-electron chi connectivity index (χ3n) is 8.42. The van der Waals surface area contributed by atoms with Gasteiger partial charge in [0.15, 0.2) is 23.0 Å². The first-order chi connectivity index (χ1) is 19.6. The van der Waals surface area contributed by atoms with Crippen molar-refractivity contribution >= 4 is 16.9 Å². The molecule has 1 saturated heterocycles. The van der Waals surface area contributed by atoms with E-state index in [4.69, 9.17) is 28.4 Å². The highest BCUT2D eigenvalue weighted by Crippen LogP contribution is 2.55. The van der Waals surface area contributed by atoms with Gasteiger partial charge >= 0.3 is 5.97 Å². The highest BCUT2D eigenvalue weighted by molar-refractivity contribution is 5.83. The molecule has 1 fully saturated rings. The standard InChI is InChI=1S/C31H30N2O7/c1-35-25-8-16(9-26(36-2)30(25)37-3)27-19-10-23-24(40-15-39-23)11-20(19)29(21-14-38-31(34)28(21)27)33-13-17-12-32-22-7-5-4-6-18(17)22/h4-12,21,27-29,32-33H,13-15H2,1-3H3/t21-,27+,28-,29+/m0/s1. The van der Waals surface area contributed by atoms with Crippen LogP contribution in [0.4, 0.5) is 0 Å². The van der Waals surface area contributed by atoms with Crippen LogP contribution in [0.3, 0.4) is 0 Å². The Morgan fingerprint density at radius 2 is 1.65 bits per heavy atom. The van der Waals surface area contributed by atoms with Crippen LogP contribution in [0, 0.1) is 11.8 Å². The second kappa shape index (κ2) is 9.67. The normalized spacial score (nSPS) is 22.5. The van der Waals surface area contributed by atoms with Crippen LogP contribution in [0.2, 0.25) is 0 Å². The lowest BCUT2D eigenvalue weighted by molar-refractivity contribution is -0.141. The van der Waals surface area contributed by atoms with Crippen molar-refractivity contribution in [1.29, 1.82) is 0 Å². The zero-order valence-corrected chi connectivity index (χ0v) is 22.5. The van der Waals surface area contributed by atoms with Crippen molar-refractivity contribution in [3.05, 3.63) is 77.0 Å². The number of carbonyl (C=O) groups is 1. The lowest BCUT2D eigenvalue weighted by Crippen LogP contribution is -2.40. The molecule has 4 aromatic rings. The fourth-order valence-corrected chi connectivity index (χ4v) is 6.60. The highest BCUT2D eigenvalue weighted by atomic mass is 16.7. The predicted molar refractivity (Wildman–Crippen MR) is 146 cm³/mol. The molecule has 2 N–H and O–H groups in total. The number of aromatic amines is 1. The van der Waals surface area contributed by atoms with E-state index in [9.17, 15) is 4.79 Å². The van der Waals surface area contributed by atoms with Crippen molar-refractivity contribution in [2.75, 3.05) is 34.7 Å². The van der Waals surface area contributed by atoms with E-state index in [0.29, 0.717) is 41.9 Å². The first kappa shape index (κ1) is 24.7. The maximum absolute atomic E-state index is 13.4. The number of H-pyrrole nitrogens is 1. The average Bonchev–Trinajstić information content (AvgIpc) is 3.72. The van der Waals surface area contributed by atoms with Crippen LogP contribution in [0.25, 0.3) is 10.9 Å². The van der Waals surface area contributed by atoms with Gasteiger partial charge < -0.3 is 38.7 Å². The maximum atomic E-state index is 13.4. The molecule has 4 atom stereocenters. The third kappa shape index (κ3) is 3.76. The molecule has 0 amide bonds. The topological polar surface area (TPSA) is 100 Å². The fraction of sp³-hybridized carbons (Fsp3) is 0.323. The van der Waals surface area contributed by atoms with Crippen LogP contribution in [-0.2, 0) is 16.1 Å². The number of carbonyl (C=O) groups excluding carboxylic acids is 1. The molecular weight excluding hydrogens is 512 g/mol. The molecule has 3 heterocycles. The Labute approximate surface area is 231 Å². The monoisotopic (exact) mass is 542 g/mol. The average molecular weight is 543 g/mol. The lowest BCUT2D eigenvalue weighted by atomic mass is 9.65. The number of fused-ring (bicyclic) bond motifs is 4. The number of esters is 1. The Morgan fingerprint density at radius 3 is 2.38 bits per heavy atom. The first-order valence-electron chi connectivity index (χ1n) is 13.3. The van der Waals surface area contributed by atoms with Gasteiger partial charge in [0.25, 0.3) is 0 Å². The number of aromatic nitrogens is 1. The second-order valence-corrected chi connectivity index (χ2v) is 10.3. The second-order valence-electron chi connectivity index (χ2n) is 10.3. The van der Waals surface area contributed by atoms with E-state index in [2.05, 4.69) is 28.5 Å². The van der Waals surface area contributed by atoms with Gasteiger partial charge in [0.2, 0.25) is 12.5 Å². The fourth-order valence-electron chi connectivity index (χ4n) is 6.60. The van der Waals surface area contributed by atoms with Gasteiger partial charge in [-0.2, -0.15) is 0 Å². The molecule has 9 nitrogen and oxygen atoms in total. The van der Waals surface area contributed by atoms with E-state index in [1.165, 1.54) is 5.39 Å². The number of methoxy groups -OCH3 is 3. The van der Waals surface area contributed by atoms with Gasteiger partial charge in [-0.25, -0.2) is 0 Å². The summed E-state index contributed by atoms with van der Waals surface area (Å²) in [4.78, 5) is 16.8. The van der Waals surface area contributed by atoms with Crippen LogP contribution in [0.5, 0.6) is 28.7 Å². The molecule has 40 heavy (non-hydrogen) atoms. The zero-order valence-electron chi connectivity index (χ0n) is 22.5. The van der Waals surface area contributed by atoms with Crippen molar-refractivity contribution < 1.29 is 33.2 Å². The van der Waals surface area contributed by atoms with E-state index in [0.717, 1.165) is 27.8 Å². The number of benzene rings is 3. The molecule has 9 heteroatoms. The minimum Gasteiger partial charge on any atom is -0.493 e. The molecule has 1 aromatic heterocycles. The Balaban J connectivity index is 1.36. The summed E-state index contributed by atoms with van der Waals surface area (Å²) in [5.74, 6) is 1.87. The molecule has 0 saturated carbocycles. The Hall–Kier alpha value is -4.37. The molecule has 0 spiro atoms. The number of nitrogens with one attached hydrogen (secondary N) is 2.